The summed E-state index contributed by atoms with van der Waals surface area (Å²) in [6.45, 7) is 3.73. The van der Waals surface area contributed by atoms with Crippen LogP contribution in [-0.4, -0.2) is 87.5 Å². The number of hydrogen-bond donors (Lipinski definition) is 6. The van der Waals surface area contributed by atoms with Crippen molar-refractivity contribution in [3.63, 3.8) is 0 Å². The lowest BCUT2D eigenvalue weighted by molar-refractivity contribution is -0.302. The van der Waals surface area contributed by atoms with Gasteiger partial charge in [0.05, 0.1) is 25.4 Å². The summed E-state index contributed by atoms with van der Waals surface area (Å²) in [5.41, 5.74) is 0. The van der Waals surface area contributed by atoms with Crippen LogP contribution in [0.3, 0.4) is 0 Å². The Kier molecular flexibility index (Phi) is 38.5. The van der Waals surface area contributed by atoms with Crippen LogP contribution in [0, 0.1) is 0 Å². The summed E-state index contributed by atoms with van der Waals surface area (Å²) in [4.78, 5) is 13.0. The highest BCUT2D eigenvalue weighted by atomic mass is 16.7. The molecule has 1 aliphatic heterocycles. The molecule has 0 radical (unpaired) electrons. The zero-order chi connectivity index (χ0) is 43.7. The fourth-order valence-electron chi connectivity index (χ4n) is 7.61. The number of amides is 1. The van der Waals surface area contributed by atoms with Crippen molar-refractivity contribution in [2.45, 2.75) is 256 Å². The molecule has 0 aromatic carbocycles. The van der Waals surface area contributed by atoms with E-state index in [-0.39, 0.29) is 12.5 Å². The lowest BCUT2D eigenvalue weighted by Gasteiger charge is -2.40. The average molecular weight is 848 g/mol. The third-order valence-corrected chi connectivity index (χ3v) is 11.6. The molecule has 1 rings (SSSR count). The number of carbonyl (C=O) groups is 1. The van der Waals surface area contributed by atoms with Gasteiger partial charge in [-0.25, -0.2) is 0 Å². The van der Waals surface area contributed by atoms with Gasteiger partial charge in [0.1, 0.15) is 24.4 Å². The molecule has 0 aromatic rings. The molecule has 0 aromatic heterocycles. The van der Waals surface area contributed by atoms with Crippen molar-refractivity contribution >= 4 is 5.91 Å². The van der Waals surface area contributed by atoms with E-state index in [1.54, 1.807) is 6.08 Å². The van der Waals surface area contributed by atoms with Gasteiger partial charge in [0.2, 0.25) is 5.91 Å². The van der Waals surface area contributed by atoms with E-state index >= 15 is 0 Å². The second-order valence-corrected chi connectivity index (χ2v) is 17.2. The van der Waals surface area contributed by atoms with Crippen molar-refractivity contribution < 1.29 is 39.8 Å². The SMILES string of the molecule is CCCCC/C=C\C/C=C\CCCCCCCC(=O)NC(COC1OC(CO)C(O)C(O)C1O)C(O)/C=C/CC/C=C/CCCCCCCCCCCCCCCCCC. The van der Waals surface area contributed by atoms with E-state index in [2.05, 4.69) is 55.6 Å². The summed E-state index contributed by atoms with van der Waals surface area (Å²) in [5.74, 6) is -0.201. The van der Waals surface area contributed by atoms with E-state index < -0.39 is 49.5 Å². The molecule has 0 aliphatic carbocycles. The maximum atomic E-state index is 13.0. The number of unbranched alkanes of at least 4 members (excludes halogenated alkanes) is 25. The van der Waals surface area contributed by atoms with E-state index in [1.807, 2.05) is 6.08 Å². The Morgan fingerprint density at radius 2 is 1.00 bits per heavy atom. The summed E-state index contributed by atoms with van der Waals surface area (Å²) in [6, 6.07) is -0.829. The number of hydrogen-bond acceptors (Lipinski definition) is 8. The van der Waals surface area contributed by atoms with Gasteiger partial charge in [-0.3, -0.25) is 4.79 Å². The van der Waals surface area contributed by atoms with E-state index in [1.165, 1.54) is 128 Å². The van der Waals surface area contributed by atoms with Crippen LogP contribution < -0.4 is 5.32 Å². The third-order valence-electron chi connectivity index (χ3n) is 11.6. The van der Waals surface area contributed by atoms with Crippen molar-refractivity contribution in [3.8, 4) is 0 Å². The largest absolute Gasteiger partial charge is 0.394 e. The molecular formula is C51H93NO8. The highest BCUT2D eigenvalue weighted by Crippen LogP contribution is 2.22. The van der Waals surface area contributed by atoms with Gasteiger partial charge in [0.25, 0.3) is 0 Å². The molecule has 1 saturated heterocycles. The minimum Gasteiger partial charge on any atom is -0.394 e. The van der Waals surface area contributed by atoms with Gasteiger partial charge in [-0.15, -0.1) is 0 Å². The van der Waals surface area contributed by atoms with Crippen molar-refractivity contribution in [1.29, 1.82) is 0 Å². The minimum absolute atomic E-state index is 0.201. The third kappa shape index (κ3) is 31.1. The molecule has 0 saturated carbocycles. The van der Waals surface area contributed by atoms with E-state index in [9.17, 15) is 30.3 Å². The number of rotatable bonds is 41. The van der Waals surface area contributed by atoms with E-state index in [4.69, 9.17) is 9.47 Å². The zero-order valence-corrected chi connectivity index (χ0v) is 38.5. The van der Waals surface area contributed by atoms with Crippen LogP contribution in [0.1, 0.15) is 213 Å². The molecule has 350 valence electrons. The predicted molar refractivity (Wildman–Crippen MR) is 249 cm³/mol. The Balaban J connectivity index is 2.34. The van der Waals surface area contributed by atoms with Crippen LogP contribution in [0.15, 0.2) is 48.6 Å². The summed E-state index contributed by atoms with van der Waals surface area (Å²) in [5, 5.41) is 54.2. The quantitative estimate of drug-likeness (QED) is 0.0263. The highest BCUT2D eigenvalue weighted by molar-refractivity contribution is 5.76. The van der Waals surface area contributed by atoms with Crippen molar-refractivity contribution in [2.75, 3.05) is 13.2 Å². The fourth-order valence-corrected chi connectivity index (χ4v) is 7.61. The van der Waals surface area contributed by atoms with Crippen LogP contribution in [0.2, 0.25) is 0 Å². The first-order valence-electron chi connectivity index (χ1n) is 24.9. The van der Waals surface area contributed by atoms with Crippen LogP contribution >= 0.6 is 0 Å². The first kappa shape index (κ1) is 56.2. The molecular weight excluding hydrogens is 755 g/mol. The van der Waals surface area contributed by atoms with Gasteiger partial charge in [-0.2, -0.15) is 0 Å². The van der Waals surface area contributed by atoms with Crippen molar-refractivity contribution in [2.24, 2.45) is 0 Å². The van der Waals surface area contributed by atoms with Gasteiger partial charge < -0.3 is 40.3 Å². The molecule has 9 heteroatoms. The van der Waals surface area contributed by atoms with Gasteiger partial charge in [0, 0.05) is 6.42 Å². The zero-order valence-electron chi connectivity index (χ0n) is 38.5. The second-order valence-electron chi connectivity index (χ2n) is 17.2. The van der Waals surface area contributed by atoms with Crippen molar-refractivity contribution in [3.05, 3.63) is 48.6 Å². The van der Waals surface area contributed by atoms with Gasteiger partial charge >= 0.3 is 0 Å². The topological polar surface area (TPSA) is 149 Å². The monoisotopic (exact) mass is 848 g/mol. The second kappa shape index (κ2) is 41.2. The molecule has 1 aliphatic rings. The Bertz CT molecular complexity index is 1080. The average Bonchev–Trinajstić information content (AvgIpc) is 3.25. The Labute approximate surface area is 367 Å². The number of nitrogens with one attached hydrogen (secondary N) is 1. The Hall–Kier alpha value is -1.85. The lowest BCUT2D eigenvalue weighted by Crippen LogP contribution is -2.60. The number of aliphatic hydroxyl groups is 5. The van der Waals surface area contributed by atoms with Crippen LogP contribution in [0.4, 0.5) is 0 Å². The molecule has 7 atom stereocenters. The maximum Gasteiger partial charge on any atom is 0.220 e. The maximum absolute atomic E-state index is 13.0. The lowest BCUT2D eigenvalue weighted by atomic mass is 9.99. The molecule has 1 heterocycles. The summed E-state index contributed by atoms with van der Waals surface area (Å²) < 4.78 is 11.2. The van der Waals surface area contributed by atoms with Crippen LogP contribution in [-0.2, 0) is 14.3 Å². The fraction of sp³-hybridized carbons (Fsp3) is 0.824. The Morgan fingerprint density at radius 3 is 1.53 bits per heavy atom. The number of ether oxygens (including phenoxy) is 2. The number of carbonyl (C=O) groups excluding carboxylic acids is 1. The predicted octanol–water partition coefficient (Wildman–Crippen LogP) is 11.0. The normalized spacial score (nSPS) is 20.9. The van der Waals surface area contributed by atoms with Gasteiger partial charge in [-0.1, -0.05) is 191 Å². The summed E-state index contributed by atoms with van der Waals surface area (Å²) in [6.07, 6.45) is 45.9. The van der Waals surface area contributed by atoms with E-state index in [0.717, 1.165) is 64.2 Å². The molecule has 1 fully saturated rings. The van der Waals surface area contributed by atoms with Crippen molar-refractivity contribution in [1.82, 2.24) is 5.32 Å². The number of allylic oxidation sites excluding steroid dienone is 7. The van der Waals surface area contributed by atoms with Gasteiger partial charge in [-0.05, 0) is 64.2 Å². The van der Waals surface area contributed by atoms with Gasteiger partial charge in [0.15, 0.2) is 6.29 Å². The summed E-state index contributed by atoms with van der Waals surface area (Å²) in [7, 11) is 0. The molecule has 60 heavy (non-hydrogen) atoms. The van der Waals surface area contributed by atoms with Crippen LogP contribution in [0.25, 0.3) is 0 Å². The number of aliphatic hydroxyl groups excluding tert-OH is 5. The highest BCUT2D eigenvalue weighted by Gasteiger charge is 2.44. The molecule has 6 N–H and O–H groups in total. The molecule has 7 unspecified atom stereocenters. The standard InChI is InChI=1S/C51H93NO8/c1-3-5-7-9-11-13-15-17-19-20-21-22-23-24-25-27-28-30-32-34-36-38-40-45(54)44(43-59-51-50(58)49(57)48(56)46(42-53)60-51)52-47(55)41-39-37-35-33-31-29-26-18-16-14-12-10-8-6-4-2/h12,14,18,26,30,32,38,40,44-46,48-51,53-54,56-58H,3-11,13,15-17,19-25,27-29,31,33-37,39,41-43H2,1-2H3,(H,52,55)/b14-12-,26-18-,32-30+,40-38+. The molecule has 1 amide bonds. The molecule has 9 nitrogen and oxygen atoms in total. The smallest absolute Gasteiger partial charge is 0.220 e. The molecule has 0 spiro atoms. The minimum atomic E-state index is -1.57. The summed E-state index contributed by atoms with van der Waals surface area (Å²) >= 11 is 0. The van der Waals surface area contributed by atoms with E-state index in [0.29, 0.717) is 6.42 Å². The van der Waals surface area contributed by atoms with Crippen LogP contribution in [0.5, 0.6) is 0 Å². The Morgan fingerprint density at radius 1 is 0.567 bits per heavy atom. The molecule has 0 bridgehead atoms. The first-order valence-corrected chi connectivity index (χ1v) is 24.9. The first-order chi connectivity index (χ1) is 29.3.